The molecule has 0 spiro atoms. The van der Waals surface area contributed by atoms with E-state index in [4.69, 9.17) is 0 Å². The molecule has 1 N–H and O–H groups in total. The van der Waals surface area contributed by atoms with Crippen LogP contribution >= 0.6 is 0 Å². The van der Waals surface area contributed by atoms with Crippen molar-refractivity contribution in [1.29, 1.82) is 0 Å². The van der Waals surface area contributed by atoms with Gasteiger partial charge < -0.3 is 5.32 Å². The van der Waals surface area contributed by atoms with Crippen LogP contribution in [0.2, 0.25) is 0 Å². The van der Waals surface area contributed by atoms with E-state index >= 15 is 0 Å². The van der Waals surface area contributed by atoms with Crippen molar-refractivity contribution < 1.29 is 0 Å². The maximum atomic E-state index is 3.43. The van der Waals surface area contributed by atoms with Crippen LogP contribution in [0.4, 0.5) is 0 Å². The van der Waals surface area contributed by atoms with Crippen LogP contribution in [0.5, 0.6) is 0 Å². The van der Waals surface area contributed by atoms with Crippen molar-refractivity contribution >= 4 is 6.08 Å². The lowest BCUT2D eigenvalue weighted by atomic mass is 9.96. The Morgan fingerprint density at radius 2 is 0.809 bits per heavy atom. The van der Waals surface area contributed by atoms with Crippen LogP contribution in [-0.4, -0.2) is 73.6 Å². The molecule has 2 fully saturated rings. The molecule has 0 bridgehead atoms. The second kappa shape index (κ2) is 17.6. The highest BCUT2D eigenvalue weighted by Crippen LogP contribution is 2.30. The zero-order chi connectivity index (χ0) is 31.9. The molecule has 0 radical (unpaired) electrons. The lowest BCUT2D eigenvalue weighted by Crippen LogP contribution is -2.47. The van der Waals surface area contributed by atoms with Crippen molar-refractivity contribution in [3.63, 3.8) is 0 Å². The minimum atomic E-state index is 0.337. The molecule has 5 aromatic rings. The molecule has 2 aliphatic rings. The van der Waals surface area contributed by atoms with Gasteiger partial charge in [0.2, 0.25) is 0 Å². The lowest BCUT2D eigenvalue weighted by Gasteiger charge is -2.39. The quantitative estimate of drug-likeness (QED) is 0.182. The van der Waals surface area contributed by atoms with Crippen LogP contribution in [0.1, 0.15) is 39.9 Å². The van der Waals surface area contributed by atoms with E-state index in [9.17, 15) is 0 Å². The Labute approximate surface area is 282 Å². The molecule has 2 saturated heterocycles. The molecule has 0 amide bonds. The first-order valence-electron chi connectivity index (χ1n) is 17.2. The molecule has 0 aromatic heterocycles. The van der Waals surface area contributed by atoms with E-state index < -0.39 is 0 Å². The molecule has 240 valence electrons. The van der Waals surface area contributed by atoms with Crippen LogP contribution in [-0.2, 0) is 0 Å². The summed E-state index contributed by atoms with van der Waals surface area (Å²) in [6.45, 7) is 9.78. The Balaban J connectivity index is 0.000000177. The molecule has 7 rings (SSSR count). The van der Waals surface area contributed by atoms with E-state index in [1.165, 1.54) is 27.8 Å². The predicted molar refractivity (Wildman–Crippen MR) is 197 cm³/mol. The third kappa shape index (κ3) is 9.37. The highest BCUT2D eigenvalue weighted by molar-refractivity contribution is 5.48. The lowest BCUT2D eigenvalue weighted by molar-refractivity contribution is 0.118. The fourth-order valence-corrected chi connectivity index (χ4v) is 6.82. The maximum Gasteiger partial charge on any atom is 0.0602 e. The molecule has 47 heavy (non-hydrogen) atoms. The summed E-state index contributed by atoms with van der Waals surface area (Å²) in [6, 6.07) is 54.7. The zero-order valence-corrected chi connectivity index (χ0v) is 27.4. The summed E-state index contributed by atoms with van der Waals surface area (Å²) < 4.78 is 0. The monoisotopic (exact) mass is 620 g/mol. The van der Waals surface area contributed by atoms with Gasteiger partial charge >= 0.3 is 0 Å². The van der Waals surface area contributed by atoms with E-state index in [0.29, 0.717) is 12.1 Å². The summed E-state index contributed by atoms with van der Waals surface area (Å²) in [6.07, 6.45) is 4.51. The molecule has 2 heterocycles. The first kappa shape index (κ1) is 32.6. The van der Waals surface area contributed by atoms with Crippen LogP contribution in [0.15, 0.2) is 158 Å². The molecule has 0 saturated carbocycles. The normalized spacial score (nSPS) is 16.3. The van der Waals surface area contributed by atoms with E-state index in [1.807, 2.05) is 0 Å². The van der Waals surface area contributed by atoms with Crippen molar-refractivity contribution in [1.82, 2.24) is 20.0 Å². The Kier molecular flexibility index (Phi) is 12.2. The molecule has 0 unspecified atom stereocenters. The van der Waals surface area contributed by atoms with Crippen molar-refractivity contribution in [2.24, 2.45) is 0 Å². The fraction of sp³-hybridized carbons (Fsp3) is 0.256. The van der Waals surface area contributed by atoms with E-state index in [1.54, 1.807) is 0 Å². The number of nitrogens with one attached hydrogen (secondary N) is 1. The van der Waals surface area contributed by atoms with Gasteiger partial charge in [-0.05, 0) is 27.8 Å². The predicted octanol–water partition coefficient (Wildman–Crippen LogP) is 7.79. The fourth-order valence-electron chi connectivity index (χ4n) is 6.82. The SMILES string of the molecule is C(=C\c1ccccc1)/CN1CCN(C(c2ccccc2)c2ccccc2)CC1.c1ccc(C(c2ccccc2)N2CCNCC2)cc1. The maximum absolute atomic E-state index is 3.43. The van der Waals surface area contributed by atoms with E-state index in [2.05, 4.69) is 184 Å². The van der Waals surface area contributed by atoms with Gasteiger partial charge in [0.1, 0.15) is 0 Å². The second-order valence-electron chi connectivity index (χ2n) is 12.4. The van der Waals surface area contributed by atoms with Gasteiger partial charge in [0.15, 0.2) is 0 Å². The summed E-state index contributed by atoms with van der Waals surface area (Å²) in [5.41, 5.74) is 6.80. The van der Waals surface area contributed by atoms with Crippen LogP contribution < -0.4 is 5.32 Å². The van der Waals surface area contributed by atoms with E-state index in [-0.39, 0.29) is 0 Å². The summed E-state index contributed by atoms with van der Waals surface area (Å²) in [7, 11) is 0. The molecule has 4 heteroatoms. The number of hydrogen-bond acceptors (Lipinski definition) is 4. The van der Waals surface area contributed by atoms with Crippen LogP contribution in [0, 0.1) is 0 Å². The number of rotatable bonds is 9. The number of nitrogens with zero attached hydrogens (tertiary/aromatic N) is 3. The standard InChI is InChI=1S/C26H28N2.C17H20N2/c1-4-11-23(12-5-1)13-10-18-27-19-21-28(22-20-27)26(24-14-6-2-7-15-24)25-16-8-3-9-17-25;1-3-7-15(8-4-1)17(16-9-5-2-6-10-16)19-13-11-18-12-14-19/h1-17,26H,18-22H2;1-10,17-18H,11-14H2/b13-10+;. The van der Waals surface area contributed by atoms with Crippen molar-refractivity contribution in [2.75, 3.05) is 58.9 Å². The number of piperazine rings is 2. The third-order valence-corrected chi connectivity index (χ3v) is 9.22. The average molecular weight is 621 g/mol. The molecule has 2 aliphatic heterocycles. The molecular weight excluding hydrogens is 573 g/mol. The highest BCUT2D eigenvalue weighted by atomic mass is 15.3. The minimum absolute atomic E-state index is 0.337. The van der Waals surface area contributed by atoms with Gasteiger partial charge in [-0.3, -0.25) is 14.7 Å². The van der Waals surface area contributed by atoms with Crippen LogP contribution in [0.3, 0.4) is 0 Å². The summed E-state index contributed by atoms with van der Waals surface area (Å²) >= 11 is 0. The van der Waals surface area contributed by atoms with Gasteiger partial charge in [0.05, 0.1) is 12.1 Å². The Bertz CT molecular complexity index is 1500. The van der Waals surface area contributed by atoms with Crippen LogP contribution in [0.25, 0.3) is 6.08 Å². The molecule has 0 atom stereocenters. The largest absolute Gasteiger partial charge is 0.314 e. The summed E-state index contributed by atoms with van der Waals surface area (Å²) in [4.78, 5) is 7.74. The summed E-state index contributed by atoms with van der Waals surface area (Å²) in [5.74, 6) is 0. The third-order valence-electron chi connectivity index (χ3n) is 9.22. The smallest absolute Gasteiger partial charge is 0.0602 e. The zero-order valence-electron chi connectivity index (χ0n) is 27.4. The Morgan fingerprint density at radius 1 is 0.447 bits per heavy atom. The van der Waals surface area contributed by atoms with Crippen molar-refractivity contribution in [3.8, 4) is 0 Å². The summed E-state index contributed by atoms with van der Waals surface area (Å²) in [5, 5.41) is 3.43. The van der Waals surface area contributed by atoms with Gasteiger partial charge in [-0.1, -0.05) is 164 Å². The van der Waals surface area contributed by atoms with Gasteiger partial charge in [-0.15, -0.1) is 0 Å². The van der Waals surface area contributed by atoms with E-state index in [0.717, 1.165) is 58.9 Å². The molecule has 5 aromatic carbocycles. The van der Waals surface area contributed by atoms with Gasteiger partial charge in [-0.25, -0.2) is 0 Å². The molecular formula is C43H48N4. The Morgan fingerprint density at radius 3 is 1.21 bits per heavy atom. The van der Waals surface area contributed by atoms with Crippen molar-refractivity contribution in [3.05, 3.63) is 186 Å². The number of benzene rings is 5. The van der Waals surface area contributed by atoms with Gasteiger partial charge in [-0.2, -0.15) is 0 Å². The van der Waals surface area contributed by atoms with Crippen molar-refractivity contribution in [2.45, 2.75) is 12.1 Å². The Hall–Kier alpha value is -4.32. The topological polar surface area (TPSA) is 21.8 Å². The highest BCUT2D eigenvalue weighted by Gasteiger charge is 2.26. The number of hydrogen-bond donors (Lipinski definition) is 1. The van der Waals surface area contributed by atoms with Gasteiger partial charge in [0, 0.05) is 58.9 Å². The average Bonchev–Trinajstić information content (AvgIpc) is 3.16. The first-order chi connectivity index (χ1) is 23.3. The second-order valence-corrected chi connectivity index (χ2v) is 12.4. The first-order valence-corrected chi connectivity index (χ1v) is 17.2. The van der Waals surface area contributed by atoms with Gasteiger partial charge in [0.25, 0.3) is 0 Å². The minimum Gasteiger partial charge on any atom is -0.314 e. The molecule has 0 aliphatic carbocycles. The molecule has 4 nitrogen and oxygen atoms in total.